The molecule has 1 aliphatic rings. The number of nitrogens with one attached hydrogen (secondary N) is 1. The lowest BCUT2D eigenvalue weighted by Crippen LogP contribution is -2.36. The number of aromatic nitrogens is 2. The molecule has 8 heteroatoms. The lowest BCUT2D eigenvalue weighted by Gasteiger charge is -2.24. The molecule has 1 amide bonds. The first-order chi connectivity index (χ1) is 10.3. The van der Waals surface area contributed by atoms with Crippen LogP contribution in [0.25, 0.3) is 0 Å². The number of nitrogens with zero attached hydrogens (tertiary/aromatic N) is 3. The van der Waals surface area contributed by atoms with Gasteiger partial charge in [-0.15, -0.1) is 0 Å². The predicted octanol–water partition coefficient (Wildman–Crippen LogP) is 3.27. The Morgan fingerprint density at radius 3 is 2.86 bits per heavy atom. The van der Waals surface area contributed by atoms with Gasteiger partial charge in [-0.05, 0) is 33.4 Å². The van der Waals surface area contributed by atoms with Crippen molar-refractivity contribution in [1.82, 2.24) is 14.9 Å². The van der Waals surface area contributed by atoms with Crippen molar-refractivity contribution < 1.29 is 9.53 Å². The molecule has 1 saturated heterocycles. The summed E-state index contributed by atoms with van der Waals surface area (Å²) in [6.07, 6.45) is 2.47. The molecule has 1 aromatic rings. The van der Waals surface area contributed by atoms with Gasteiger partial charge in [0.15, 0.2) is 5.16 Å². The van der Waals surface area contributed by atoms with Crippen molar-refractivity contribution in [1.29, 1.82) is 0 Å². The van der Waals surface area contributed by atoms with Gasteiger partial charge in [0.2, 0.25) is 0 Å². The van der Waals surface area contributed by atoms with Gasteiger partial charge < -0.3 is 15.0 Å². The molecule has 0 aromatic carbocycles. The van der Waals surface area contributed by atoms with E-state index in [0.29, 0.717) is 29.2 Å². The Kier molecular flexibility index (Phi) is 5.39. The topological polar surface area (TPSA) is 67.4 Å². The van der Waals surface area contributed by atoms with Crippen molar-refractivity contribution in [3.63, 3.8) is 0 Å². The molecule has 1 aromatic heterocycles. The fraction of sp³-hybridized carbons (Fsp3) is 0.643. The first-order valence-corrected chi connectivity index (χ1v) is 8.70. The van der Waals surface area contributed by atoms with Gasteiger partial charge >= 0.3 is 6.09 Å². The highest BCUT2D eigenvalue weighted by molar-refractivity contribution is 7.98. The predicted molar refractivity (Wildman–Crippen MR) is 88.7 cm³/mol. The number of carbonyl (C=O) groups excluding carboxylic acids is 1. The Hall–Kier alpha value is -1.21. The third kappa shape index (κ3) is 4.91. The monoisotopic (exact) mass is 344 g/mol. The summed E-state index contributed by atoms with van der Waals surface area (Å²) in [5, 5.41) is 4.33. The van der Waals surface area contributed by atoms with Crippen molar-refractivity contribution in [3.05, 3.63) is 11.2 Å². The van der Waals surface area contributed by atoms with E-state index < -0.39 is 5.60 Å². The minimum Gasteiger partial charge on any atom is -0.444 e. The molecule has 1 fully saturated rings. The number of halogens is 1. The molecule has 1 atom stereocenters. The number of amides is 1. The standard InChI is InChI=1S/C14H21ClN4O2S/c1-14(2,3)21-13(20)19-6-5-9(8-19)16-11-7-10(15)17-12(18-11)22-4/h7,9H,5-6,8H2,1-4H3,(H,16,17,18)/t9-/m0/s1. The largest absolute Gasteiger partial charge is 0.444 e. The number of anilines is 1. The molecule has 2 rings (SSSR count). The van der Waals surface area contributed by atoms with Crippen molar-refractivity contribution in [3.8, 4) is 0 Å². The van der Waals surface area contributed by atoms with Gasteiger partial charge in [-0.25, -0.2) is 14.8 Å². The van der Waals surface area contributed by atoms with Crippen molar-refractivity contribution >= 4 is 35.3 Å². The quantitative estimate of drug-likeness (QED) is 0.515. The molecular weight excluding hydrogens is 324 g/mol. The zero-order chi connectivity index (χ0) is 16.3. The van der Waals surface area contributed by atoms with Crippen molar-refractivity contribution in [2.45, 2.75) is 44.0 Å². The van der Waals surface area contributed by atoms with Gasteiger partial charge in [-0.1, -0.05) is 23.4 Å². The average molecular weight is 345 g/mol. The molecular formula is C14H21ClN4O2S. The summed E-state index contributed by atoms with van der Waals surface area (Å²) in [7, 11) is 0. The molecule has 0 spiro atoms. The van der Waals surface area contributed by atoms with E-state index in [2.05, 4.69) is 15.3 Å². The molecule has 0 aliphatic carbocycles. The maximum atomic E-state index is 12.0. The van der Waals surface area contributed by atoms with Gasteiger partial charge in [-0.2, -0.15) is 0 Å². The van der Waals surface area contributed by atoms with Gasteiger partial charge in [0.05, 0.1) is 0 Å². The Labute approximate surface area is 140 Å². The van der Waals surface area contributed by atoms with E-state index >= 15 is 0 Å². The zero-order valence-electron chi connectivity index (χ0n) is 13.2. The number of hydrogen-bond donors (Lipinski definition) is 1. The van der Waals surface area contributed by atoms with Crippen LogP contribution in [0, 0.1) is 0 Å². The molecule has 0 bridgehead atoms. The third-order valence-corrected chi connectivity index (χ3v) is 3.79. The number of hydrogen-bond acceptors (Lipinski definition) is 6. The maximum absolute atomic E-state index is 12.0. The number of carbonyl (C=O) groups is 1. The molecule has 22 heavy (non-hydrogen) atoms. The van der Waals surface area contributed by atoms with Crippen LogP contribution in [-0.4, -0.2) is 51.9 Å². The second-order valence-electron chi connectivity index (χ2n) is 6.12. The SMILES string of the molecule is CSc1nc(Cl)cc(N[C@H]2CCN(C(=O)OC(C)(C)C)C2)n1. The van der Waals surface area contributed by atoms with Crippen LogP contribution >= 0.6 is 23.4 Å². The highest BCUT2D eigenvalue weighted by atomic mass is 35.5. The van der Waals surface area contributed by atoms with Crippen LogP contribution in [0.3, 0.4) is 0 Å². The van der Waals surface area contributed by atoms with Crippen LogP contribution in [0.2, 0.25) is 5.15 Å². The molecule has 1 aliphatic heterocycles. The first kappa shape index (κ1) is 17.1. The second-order valence-corrected chi connectivity index (χ2v) is 7.28. The van der Waals surface area contributed by atoms with Gasteiger partial charge in [0.25, 0.3) is 0 Å². The van der Waals surface area contributed by atoms with Gasteiger partial charge in [-0.3, -0.25) is 0 Å². The van der Waals surface area contributed by atoms with E-state index in [9.17, 15) is 4.79 Å². The van der Waals surface area contributed by atoms with Crippen LogP contribution < -0.4 is 5.32 Å². The lowest BCUT2D eigenvalue weighted by molar-refractivity contribution is 0.0293. The Morgan fingerprint density at radius 1 is 1.50 bits per heavy atom. The fourth-order valence-electron chi connectivity index (χ4n) is 2.14. The zero-order valence-corrected chi connectivity index (χ0v) is 14.8. The smallest absolute Gasteiger partial charge is 0.410 e. The van der Waals surface area contributed by atoms with E-state index in [1.54, 1.807) is 11.0 Å². The summed E-state index contributed by atoms with van der Waals surface area (Å²) < 4.78 is 5.38. The van der Waals surface area contributed by atoms with Crippen LogP contribution in [0.1, 0.15) is 27.2 Å². The summed E-state index contributed by atoms with van der Waals surface area (Å²) in [6, 6.07) is 1.82. The Balaban J connectivity index is 1.94. The highest BCUT2D eigenvalue weighted by Gasteiger charge is 2.29. The normalized spacial score (nSPS) is 18.4. The average Bonchev–Trinajstić information content (AvgIpc) is 2.84. The molecule has 0 radical (unpaired) electrons. The van der Waals surface area contributed by atoms with E-state index in [4.69, 9.17) is 16.3 Å². The third-order valence-electron chi connectivity index (χ3n) is 3.05. The molecule has 2 heterocycles. The van der Waals surface area contributed by atoms with E-state index in [0.717, 1.165) is 6.42 Å². The lowest BCUT2D eigenvalue weighted by atomic mass is 10.2. The minimum atomic E-state index is -0.476. The Morgan fingerprint density at radius 2 is 2.23 bits per heavy atom. The number of likely N-dealkylation sites (tertiary alicyclic amines) is 1. The second kappa shape index (κ2) is 6.91. The van der Waals surface area contributed by atoms with Crippen LogP contribution in [0.5, 0.6) is 0 Å². The highest BCUT2D eigenvalue weighted by Crippen LogP contribution is 2.21. The molecule has 6 nitrogen and oxygen atoms in total. The summed E-state index contributed by atoms with van der Waals surface area (Å²) >= 11 is 7.41. The van der Waals surface area contributed by atoms with E-state index in [1.165, 1.54) is 11.8 Å². The summed E-state index contributed by atoms with van der Waals surface area (Å²) in [5.74, 6) is 0.681. The van der Waals surface area contributed by atoms with Gasteiger partial charge in [0, 0.05) is 25.2 Å². The van der Waals surface area contributed by atoms with Crippen LogP contribution in [0.4, 0.5) is 10.6 Å². The molecule has 122 valence electrons. The van der Waals surface area contributed by atoms with Crippen molar-refractivity contribution in [2.75, 3.05) is 24.7 Å². The number of rotatable bonds is 3. The Bertz CT molecular complexity index is 550. The fourth-order valence-corrected chi connectivity index (χ4v) is 2.75. The summed E-state index contributed by atoms with van der Waals surface area (Å²) in [4.78, 5) is 22.2. The van der Waals surface area contributed by atoms with Gasteiger partial charge in [0.1, 0.15) is 16.6 Å². The van der Waals surface area contributed by atoms with E-state index in [1.807, 2.05) is 27.0 Å². The summed E-state index contributed by atoms with van der Waals surface area (Å²) in [6.45, 7) is 6.85. The molecule has 0 saturated carbocycles. The molecule has 0 unspecified atom stereocenters. The summed E-state index contributed by atoms with van der Waals surface area (Å²) in [5.41, 5.74) is -0.476. The number of thioether (sulfide) groups is 1. The maximum Gasteiger partial charge on any atom is 0.410 e. The van der Waals surface area contributed by atoms with Crippen molar-refractivity contribution in [2.24, 2.45) is 0 Å². The van der Waals surface area contributed by atoms with E-state index in [-0.39, 0.29) is 12.1 Å². The molecule has 1 N–H and O–H groups in total. The van der Waals surface area contributed by atoms with Crippen LogP contribution in [0.15, 0.2) is 11.2 Å². The first-order valence-electron chi connectivity index (χ1n) is 7.10. The minimum absolute atomic E-state index is 0.133. The number of ether oxygens (including phenoxy) is 1. The van der Waals surface area contributed by atoms with Crippen LogP contribution in [-0.2, 0) is 4.74 Å².